The Morgan fingerprint density at radius 3 is 2.70 bits per heavy atom. The predicted molar refractivity (Wildman–Crippen MR) is 80.6 cm³/mol. The number of hydrogen-bond donors (Lipinski definition) is 1. The maximum atomic E-state index is 12.5. The van der Waals surface area contributed by atoms with E-state index in [1.807, 2.05) is 30.3 Å². The molecule has 1 N–H and O–H groups in total. The zero-order chi connectivity index (χ0) is 13.9. The van der Waals surface area contributed by atoms with Gasteiger partial charge in [0.1, 0.15) is 0 Å². The zero-order valence-electron chi connectivity index (χ0n) is 11.8. The highest BCUT2D eigenvalue weighted by Crippen LogP contribution is 2.24. The van der Waals surface area contributed by atoms with Crippen molar-refractivity contribution in [3.05, 3.63) is 42.1 Å². The molecule has 20 heavy (non-hydrogen) atoms. The molecule has 104 valence electrons. The largest absolute Gasteiger partial charge is 0.349 e. The van der Waals surface area contributed by atoms with Gasteiger partial charge in [0, 0.05) is 17.6 Å². The van der Waals surface area contributed by atoms with E-state index in [0.717, 1.165) is 29.7 Å². The van der Waals surface area contributed by atoms with Gasteiger partial charge in [-0.3, -0.25) is 9.78 Å². The van der Waals surface area contributed by atoms with Crippen molar-refractivity contribution in [1.29, 1.82) is 0 Å². The highest BCUT2D eigenvalue weighted by Gasteiger charge is 2.21. The number of hydrogen-bond acceptors (Lipinski definition) is 2. The minimum Gasteiger partial charge on any atom is -0.349 e. The number of nitrogens with zero attached hydrogens (tertiary/aromatic N) is 1. The average molecular weight is 268 g/mol. The van der Waals surface area contributed by atoms with Crippen LogP contribution in [0.5, 0.6) is 0 Å². The molecule has 3 heteroatoms. The molecule has 1 aliphatic rings. The van der Waals surface area contributed by atoms with Crippen LogP contribution in [0.4, 0.5) is 0 Å². The van der Waals surface area contributed by atoms with Gasteiger partial charge in [-0.25, -0.2) is 0 Å². The summed E-state index contributed by atoms with van der Waals surface area (Å²) in [6, 6.07) is 9.96. The van der Waals surface area contributed by atoms with E-state index >= 15 is 0 Å². The molecule has 0 aliphatic heterocycles. The van der Waals surface area contributed by atoms with Crippen LogP contribution in [0.15, 0.2) is 36.5 Å². The van der Waals surface area contributed by atoms with Crippen molar-refractivity contribution in [2.75, 3.05) is 0 Å². The first-order valence-electron chi connectivity index (χ1n) is 7.38. The third kappa shape index (κ3) is 2.67. The molecule has 2 aromatic rings. The molecule has 0 spiro atoms. The van der Waals surface area contributed by atoms with Crippen LogP contribution in [0.3, 0.4) is 0 Å². The number of fused-ring (bicyclic) bond motifs is 1. The van der Waals surface area contributed by atoms with E-state index in [1.165, 1.54) is 12.8 Å². The molecule has 0 atom stereocenters. The van der Waals surface area contributed by atoms with Gasteiger partial charge in [0.2, 0.25) is 0 Å². The van der Waals surface area contributed by atoms with E-state index < -0.39 is 0 Å². The minimum atomic E-state index is 0.00820. The van der Waals surface area contributed by atoms with Crippen LogP contribution in [0.25, 0.3) is 10.9 Å². The lowest BCUT2D eigenvalue weighted by molar-refractivity contribution is 0.0924. The Morgan fingerprint density at radius 1 is 1.15 bits per heavy atom. The van der Waals surface area contributed by atoms with Gasteiger partial charge < -0.3 is 5.32 Å². The monoisotopic (exact) mass is 268 g/mol. The van der Waals surface area contributed by atoms with E-state index in [2.05, 4.69) is 17.2 Å². The quantitative estimate of drug-likeness (QED) is 0.905. The number of amides is 1. The van der Waals surface area contributed by atoms with Crippen LogP contribution in [-0.2, 0) is 0 Å². The molecule has 0 radical (unpaired) electrons. The third-order valence-corrected chi connectivity index (χ3v) is 4.23. The van der Waals surface area contributed by atoms with Crippen molar-refractivity contribution in [1.82, 2.24) is 10.3 Å². The van der Waals surface area contributed by atoms with Crippen LogP contribution >= 0.6 is 0 Å². The molecule has 1 aliphatic carbocycles. The summed E-state index contributed by atoms with van der Waals surface area (Å²) >= 11 is 0. The van der Waals surface area contributed by atoms with Crippen LogP contribution < -0.4 is 5.32 Å². The van der Waals surface area contributed by atoms with Gasteiger partial charge in [-0.2, -0.15) is 0 Å². The summed E-state index contributed by atoms with van der Waals surface area (Å²) < 4.78 is 0. The van der Waals surface area contributed by atoms with E-state index in [0.29, 0.717) is 11.6 Å². The molecule has 3 nitrogen and oxygen atoms in total. The number of benzene rings is 1. The van der Waals surface area contributed by atoms with Crippen LogP contribution in [-0.4, -0.2) is 16.9 Å². The average Bonchev–Trinajstić information content (AvgIpc) is 2.49. The Kier molecular flexibility index (Phi) is 3.68. The van der Waals surface area contributed by atoms with Gasteiger partial charge in [-0.15, -0.1) is 0 Å². The Hall–Kier alpha value is -1.90. The second kappa shape index (κ2) is 5.61. The Labute approximate surface area is 119 Å². The third-order valence-electron chi connectivity index (χ3n) is 4.23. The Balaban J connectivity index is 1.79. The second-order valence-electron chi connectivity index (χ2n) is 5.81. The van der Waals surface area contributed by atoms with Crippen LogP contribution in [0, 0.1) is 5.92 Å². The van der Waals surface area contributed by atoms with Crippen molar-refractivity contribution < 1.29 is 4.79 Å². The normalized spacial score (nSPS) is 22.6. The summed E-state index contributed by atoms with van der Waals surface area (Å²) in [6.07, 6.45) is 6.33. The van der Waals surface area contributed by atoms with Crippen molar-refractivity contribution >= 4 is 16.8 Å². The molecule has 1 aromatic heterocycles. The summed E-state index contributed by atoms with van der Waals surface area (Å²) in [5.74, 6) is 0.802. The first-order valence-corrected chi connectivity index (χ1v) is 7.38. The molecule has 1 aromatic carbocycles. The number of para-hydroxylation sites is 1. The summed E-state index contributed by atoms with van der Waals surface area (Å²) in [5.41, 5.74) is 1.47. The molecule has 0 unspecified atom stereocenters. The summed E-state index contributed by atoms with van der Waals surface area (Å²) in [6.45, 7) is 2.28. The number of aromatic nitrogens is 1. The number of nitrogens with one attached hydrogen (secondary N) is 1. The van der Waals surface area contributed by atoms with Crippen molar-refractivity contribution in [3.8, 4) is 0 Å². The summed E-state index contributed by atoms with van der Waals surface area (Å²) in [5, 5.41) is 4.18. The van der Waals surface area contributed by atoms with Gasteiger partial charge in [-0.1, -0.05) is 25.1 Å². The van der Waals surface area contributed by atoms with Gasteiger partial charge in [0.15, 0.2) is 0 Å². The van der Waals surface area contributed by atoms with E-state index in [9.17, 15) is 4.79 Å². The predicted octanol–water partition coefficient (Wildman–Crippen LogP) is 3.54. The second-order valence-corrected chi connectivity index (χ2v) is 5.81. The molecule has 1 amide bonds. The molecule has 1 fully saturated rings. The van der Waals surface area contributed by atoms with Gasteiger partial charge in [-0.05, 0) is 43.7 Å². The molecular weight excluding hydrogens is 248 g/mol. The van der Waals surface area contributed by atoms with Gasteiger partial charge >= 0.3 is 0 Å². The number of carbonyl (C=O) groups is 1. The topological polar surface area (TPSA) is 42.0 Å². The lowest BCUT2D eigenvalue weighted by atomic mass is 9.87. The molecule has 0 saturated heterocycles. The van der Waals surface area contributed by atoms with Crippen molar-refractivity contribution in [2.24, 2.45) is 5.92 Å². The number of rotatable bonds is 2. The van der Waals surface area contributed by atoms with E-state index in [1.54, 1.807) is 6.20 Å². The highest BCUT2D eigenvalue weighted by molar-refractivity contribution is 6.05. The lowest BCUT2D eigenvalue weighted by Gasteiger charge is -2.27. The minimum absolute atomic E-state index is 0.00820. The fourth-order valence-corrected chi connectivity index (χ4v) is 2.96. The van der Waals surface area contributed by atoms with Gasteiger partial charge in [0.05, 0.1) is 11.1 Å². The molecule has 3 rings (SSSR count). The number of carbonyl (C=O) groups excluding carboxylic acids is 1. The Bertz CT molecular complexity index is 610. The van der Waals surface area contributed by atoms with Crippen LogP contribution in [0.2, 0.25) is 0 Å². The molecule has 0 bridgehead atoms. The van der Waals surface area contributed by atoms with Crippen LogP contribution in [0.1, 0.15) is 43.0 Å². The first-order chi connectivity index (χ1) is 9.74. The summed E-state index contributed by atoms with van der Waals surface area (Å²) in [4.78, 5) is 16.8. The van der Waals surface area contributed by atoms with E-state index in [4.69, 9.17) is 0 Å². The fraction of sp³-hybridized carbons (Fsp3) is 0.412. The van der Waals surface area contributed by atoms with Gasteiger partial charge in [0.25, 0.3) is 5.91 Å². The highest BCUT2D eigenvalue weighted by atomic mass is 16.1. The van der Waals surface area contributed by atoms with Crippen molar-refractivity contribution in [3.63, 3.8) is 0 Å². The molecular formula is C17H20N2O. The van der Waals surface area contributed by atoms with Crippen molar-refractivity contribution in [2.45, 2.75) is 38.6 Å². The molecule has 1 saturated carbocycles. The Morgan fingerprint density at radius 2 is 1.90 bits per heavy atom. The smallest absolute Gasteiger partial charge is 0.253 e. The SMILES string of the molecule is CC1CCC(NC(=O)c2cccc3cccnc23)CC1. The zero-order valence-corrected chi connectivity index (χ0v) is 11.8. The standard InChI is InChI=1S/C17H20N2O/c1-12-7-9-14(10-8-12)19-17(20)15-6-2-4-13-5-3-11-18-16(13)15/h2-6,11-12,14H,7-10H2,1H3,(H,19,20). The summed E-state index contributed by atoms with van der Waals surface area (Å²) in [7, 11) is 0. The lowest BCUT2D eigenvalue weighted by Crippen LogP contribution is -2.37. The fourth-order valence-electron chi connectivity index (χ4n) is 2.96. The maximum absolute atomic E-state index is 12.5. The number of pyridine rings is 1. The maximum Gasteiger partial charge on any atom is 0.253 e. The molecule has 1 heterocycles. The first kappa shape index (κ1) is 13.1. The van der Waals surface area contributed by atoms with E-state index in [-0.39, 0.29) is 5.91 Å².